The van der Waals surface area contributed by atoms with Crippen molar-refractivity contribution in [2.24, 2.45) is 5.92 Å². The summed E-state index contributed by atoms with van der Waals surface area (Å²) >= 11 is 1.12. The summed E-state index contributed by atoms with van der Waals surface area (Å²) in [6, 6.07) is 9.25. The molecule has 0 radical (unpaired) electrons. The molecule has 2 rings (SSSR count). The molecule has 8 nitrogen and oxygen atoms in total. The summed E-state index contributed by atoms with van der Waals surface area (Å²) in [4.78, 5) is 27.3. The summed E-state index contributed by atoms with van der Waals surface area (Å²) in [5.74, 6) is -2.05. The van der Waals surface area contributed by atoms with E-state index in [9.17, 15) is 14.2 Å². The van der Waals surface area contributed by atoms with E-state index in [2.05, 4.69) is 14.8 Å². The molecule has 26 heavy (non-hydrogen) atoms. The number of carboxylic acid groups (broad SMARTS) is 1. The quantitative estimate of drug-likeness (QED) is 0.415. The number of carbonyl (C=O) groups is 2. The predicted octanol–water partition coefficient (Wildman–Crippen LogP) is 2.28. The van der Waals surface area contributed by atoms with E-state index in [0.29, 0.717) is 12.1 Å². The molecule has 0 aliphatic heterocycles. The minimum atomic E-state index is -2.19. The van der Waals surface area contributed by atoms with Crippen LogP contribution in [0.4, 0.5) is 5.13 Å². The molecule has 0 aliphatic carbocycles. The van der Waals surface area contributed by atoms with Crippen molar-refractivity contribution in [3.8, 4) is 0 Å². The molecule has 1 aromatic carbocycles. The Kier molecular flexibility index (Phi) is 7.80. The molecule has 1 heterocycles. The van der Waals surface area contributed by atoms with E-state index in [4.69, 9.17) is 10.2 Å². The van der Waals surface area contributed by atoms with Crippen LogP contribution in [0.25, 0.3) is 0 Å². The molecule has 2 unspecified atom stereocenters. The molecule has 3 N–H and O–H groups in total. The number of aromatic nitrogens is 1. The van der Waals surface area contributed by atoms with Gasteiger partial charge in [0.25, 0.3) is 0 Å². The molecule has 0 saturated carbocycles. The van der Waals surface area contributed by atoms with Crippen LogP contribution in [-0.2, 0) is 31.5 Å². The van der Waals surface area contributed by atoms with Crippen LogP contribution in [-0.4, -0.2) is 40.0 Å². The Morgan fingerprint density at radius 2 is 2.04 bits per heavy atom. The van der Waals surface area contributed by atoms with Crippen molar-refractivity contribution in [3.63, 3.8) is 0 Å². The number of nitrogens with one attached hydrogen (secondary N) is 1. The Labute approximate surface area is 154 Å². The number of anilines is 1. The fourth-order valence-electron chi connectivity index (χ4n) is 2.24. The molecule has 138 valence electrons. The van der Waals surface area contributed by atoms with Gasteiger partial charge in [-0.15, -0.1) is 15.9 Å². The van der Waals surface area contributed by atoms with Crippen LogP contribution >= 0.6 is 19.4 Å². The fourth-order valence-corrected chi connectivity index (χ4v) is 3.85. The van der Waals surface area contributed by atoms with Crippen LogP contribution in [0.3, 0.4) is 0 Å². The lowest BCUT2D eigenvalue weighted by Gasteiger charge is -2.11. The minimum absolute atomic E-state index is 0.0516. The number of carbonyl (C=O) groups excluding carboxylic acids is 1. The van der Waals surface area contributed by atoms with Crippen molar-refractivity contribution < 1.29 is 28.9 Å². The van der Waals surface area contributed by atoms with Crippen molar-refractivity contribution in [2.45, 2.75) is 12.8 Å². The van der Waals surface area contributed by atoms with Gasteiger partial charge in [0.15, 0.2) is 18.1 Å². The van der Waals surface area contributed by atoms with Crippen LogP contribution in [0, 0.1) is 5.92 Å². The topological polar surface area (TPSA) is 126 Å². The van der Waals surface area contributed by atoms with Gasteiger partial charge >= 0.3 is 14.0 Å². The van der Waals surface area contributed by atoms with Gasteiger partial charge in [0.2, 0.25) is 5.91 Å². The summed E-state index contributed by atoms with van der Waals surface area (Å²) < 4.78 is 16.5. The van der Waals surface area contributed by atoms with Crippen LogP contribution < -0.4 is 5.32 Å². The second-order valence-electron chi connectivity index (χ2n) is 5.36. The molecule has 0 spiro atoms. The molecule has 1 amide bonds. The van der Waals surface area contributed by atoms with Gasteiger partial charge in [0.05, 0.1) is 18.0 Å². The van der Waals surface area contributed by atoms with Gasteiger partial charge in [-0.1, -0.05) is 30.3 Å². The third-order valence-electron chi connectivity index (χ3n) is 3.38. The monoisotopic (exact) mass is 397 g/mol. The standard InChI is InChI=1S/C16H17N2O6PS/c19-10-24-25(23)8-12(6-11-4-2-1-3-5-11)15(22)18-16-17-13(9-26-16)7-14(20)21/h1-5,9,12,19H,6-8,10H2,(H-,17,18,20,21,22)/p+1. The van der Waals surface area contributed by atoms with Gasteiger partial charge in [-0.25, -0.2) is 4.98 Å². The number of aliphatic carboxylic acids is 1. The summed E-state index contributed by atoms with van der Waals surface area (Å²) in [6.07, 6.45) is 0.0654. The van der Waals surface area contributed by atoms with Crippen LogP contribution in [0.15, 0.2) is 35.7 Å². The lowest BCUT2D eigenvalue weighted by Crippen LogP contribution is -2.27. The number of thiazole rings is 1. The van der Waals surface area contributed by atoms with Gasteiger partial charge in [-0.05, 0) is 16.5 Å². The van der Waals surface area contributed by atoms with E-state index in [1.807, 2.05) is 30.3 Å². The van der Waals surface area contributed by atoms with Crippen molar-refractivity contribution >= 4 is 36.4 Å². The molecule has 0 saturated heterocycles. The number of amides is 1. The average molecular weight is 397 g/mol. The zero-order chi connectivity index (χ0) is 18.9. The number of aliphatic hydroxyl groups excluding tert-OH is 1. The molecule has 0 bridgehead atoms. The van der Waals surface area contributed by atoms with Gasteiger partial charge in [-0.2, -0.15) is 0 Å². The highest BCUT2D eigenvalue weighted by atomic mass is 32.1. The highest BCUT2D eigenvalue weighted by molar-refractivity contribution is 7.39. The van der Waals surface area contributed by atoms with Crippen LogP contribution in [0.2, 0.25) is 0 Å². The first kappa shape index (κ1) is 20.1. The number of rotatable bonds is 10. The summed E-state index contributed by atoms with van der Waals surface area (Å²) in [7, 11) is -2.19. The molecule has 2 atom stereocenters. The lowest BCUT2D eigenvalue weighted by atomic mass is 10.0. The van der Waals surface area contributed by atoms with E-state index in [1.54, 1.807) is 5.38 Å². The zero-order valence-electron chi connectivity index (χ0n) is 13.7. The minimum Gasteiger partial charge on any atom is -0.481 e. The number of aliphatic hydroxyl groups is 1. The SMILES string of the molecule is O=C(O)Cc1csc(NC(=O)C(Cc2ccccc2)C[P+](=O)OCO)n1. The molecular formula is C16H18N2O6PS+. The Morgan fingerprint density at radius 3 is 2.69 bits per heavy atom. The molecule has 10 heteroatoms. The Hall–Kier alpha value is -2.19. The number of nitrogens with zero attached hydrogens (tertiary/aromatic N) is 1. The molecule has 0 fully saturated rings. The summed E-state index contributed by atoms with van der Waals surface area (Å²) in [5, 5.41) is 22.0. The van der Waals surface area contributed by atoms with E-state index in [1.165, 1.54) is 0 Å². The fraction of sp³-hybridized carbons (Fsp3) is 0.312. The first-order valence-electron chi connectivity index (χ1n) is 7.67. The van der Waals surface area contributed by atoms with E-state index >= 15 is 0 Å². The highest BCUT2D eigenvalue weighted by Gasteiger charge is 2.31. The largest absolute Gasteiger partial charge is 0.511 e. The number of hydrogen-bond acceptors (Lipinski definition) is 7. The third-order valence-corrected chi connectivity index (χ3v) is 5.33. The smallest absolute Gasteiger partial charge is 0.481 e. The molecule has 2 aromatic rings. The predicted molar refractivity (Wildman–Crippen MR) is 96.4 cm³/mol. The van der Waals surface area contributed by atoms with Crippen LogP contribution in [0.1, 0.15) is 11.3 Å². The number of carboxylic acids is 1. The Balaban J connectivity index is 2.07. The maximum Gasteiger partial charge on any atom is 0.511 e. The molecular weight excluding hydrogens is 379 g/mol. The lowest BCUT2D eigenvalue weighted by molar-refractivity contribution is -0.136. The van der Waals surface area contributed by atoms with E-state index in [0.717, 1.165) is 16.9 Å². The van der Waals surface area contributed by atoms with Gasteiger partial charge in [-0.3, -0.25) is 9.59 Å². The average Bonchev–Trinajstić information content (AvgIpc) is 3.01. The molecule has 0 aliphatic rings. The highest BCUT2D eigenvalue weighted by Crippen LogP contribution is 2.28. The maximum atomic E-state index is 12.6. The third kappa shape index (κ3) is 6.61. The van der Waals surface area contributed by atoms with Crippen molar-refractivity contribution in [1.29, 1.82) is 0 Å². The van der Waals surface area contributed by atoms with Crippen molar-refractivity contribution in [3.05, 3.63) is 47.0 Å². The molecule has 1 aromatic heterocycles. The second kappa shape index (κ2) is 10.1. The summed E-state index contributed by atoms with van der Waals surface area (Å²) in [5.41, 5.74) is 1.25. The van der Waals surface area contributed by atoms with E-state index in [-0.39, 0.29) is 17.7 Å². The second-order valence-corrected chi connectivity index (χ2v) is 7.51. The number of benzene rings is 1. The van der Waals surface area contributed by atoms with Gasteiger partial charge in [0.1, 0.15) is 0 Å². The first-order valence-corrected chi connectivity index (χ1v) is 9.91. The zero-order valence-corrected chi connectivity index (χ0v) is 15.4. The Bertz CT molecular complexity index is 767. The van der Waals surface area contributed by atoms with Crippen molar-refractivity contribution in [2.75, 3.05) is 18.3 Å². The van der Waals surface area contributed by atoms with Gasteiger partial charge < -0.3 is 15.5 Å². The van der Waals surface area contributed by atoms with Gasteiger partial charge in [0, 0.05) is 5.38 Å². The Morgan fingerprint density at radius 1 is 1.31 bits per heavy atom. The number of hydrogen-bond donors (Lipinski definition) is 3. The first-order chi connectivity index (χ1) is 12.5. The van der Waals surface area contributed by atoms with E-state index < -0.39 is 32.6 Å². The van der Waals surface area contributed by atoms with Crippen molar-refractivity contribution in [1.82, 2.24) is 4.98 Å². The normalized spacial score (nSPS) is 12.4. The van der Waals surface area contributed by atoms with Crippen LogP contribution in [0.5, 0.6) is 0 Å². The summed E-state index contributed by atoms with van der Waals surface area (Å²) in [6.45, 7) is -0.681. The maximum absolute atomic E-state index is 12.6.